The van der Waals surface area contributed by atoms with Crippen LogP contribution < -0.4 is 4.90 Å². The van der Waals surface area contributed by atoms with Crippen LogP contribution in [0.15, 0.2) is 189 Å². The summed E-state index contributed by atoms with van der Waals surface area (Å²) in [5.74, 6) is 0. The molecular formula is C48H29NO3. The molecule has 0 atom stereocenters. The lowest BCUT2D eigenvalue weighted by Crippen LogP contribution is -2.09. The second-order valence-corrected chi connectivity index (χ2v) is 13.2. The Morgan fingerprint density at radius 1 is 0.288 bits per heavy atom. The van der Waals surface area contributed by atoms with Crippen LogP contribution in [0.1, 0.15) is 0 Å². The van der Waals surface area contributed by atoms with Crippen molar-refractivity contribution in [3.05, 3.63) is 176 Å². The zero-order valence-electron chi connectivity index (χ0n) is 27.9. The van der Waals surface area contributed by atoms with E-state index in [1.807, 2.05) is 48.5 Å². The molecule has 11 rings (SSSR count). The highest BCUT2D eigenvalue weighted by Crippen LogP contribution is 2.48. The largest absolute Gasteiger partial charge is 0.456 e. The van der Waals surface area contributed by atoms with Gasteiger partial charge in [-0.05, 0) is 77.9 Å². The van der Waals surface area contributed by atoms with E-state index in [1.165, 1.54) is 0 Å². The molecule has 11 aromatic rings. The van der Waals surface area contributed by atoms with E-state index in [0.29, 0.717) is 0 Å². The third-order valence-corrected chi connectivity index (χ3v) is 10.3. The molecule has 0 aliphatic rings. The lowest BCUT2D eigenvalue weighted by molar-refractivity contribution is 0.663. The van der Waals surface area contributed by atoms with Crippen molar-refractivity contribution >= 4 is 82.9 Å². The molecule has 0 aliphatic heterocycles. The van der Waals surface area contributed by atoms with Gasteiger partial charge in [0.25, 0.3) is 0 Å². The first-order valence-corrected chi connectivity index (χ1v) is 17.5. The van der Waals surface area contributed by atoms with Gasteiger partial charge < -0.3 is 18.2 Å². The van der Waals surface area contributed by atoms with Crippen molar-refractivity contribution in [2.75, 3.05) is 4.90 Å². The van der Waals surface area contributed by atoms with Gasteiger partial charge >= 0.3 is 0 Å². The molecule has 0 amide bonds. The third-order valence-electron chi connectivity index (χ3n) is 10.3. The quantitative estimate of drug-likeness (QED) is 0.183. The molecule has 3 heterocycles. The lowest BCUT2D eigenvalue weighted by Gasteiger charge is -2.25. The SMILES string of the molecule is c1ccc(N(c2ccccc2)c2ccc(-c3ccc(-c4cccc5c4oc4ccccc45)c4c3oc3ccc5oc6ccccc6c5c34)cc2)cc1. The number of hydrogen-bond acceptors (Lipinski definition) is 4. The van der Waals surface area contributed by atoms with Crippen LogP contribution in [0.2, 0.25) is 0 Å². The van der Waals surface area contributed by atoms with Crippen LogP contribution in [-0.2, 0) is 0 Å². The zero-order chi connectivity index (χ0) is 34.2. The Morgan fingerprint density at radius 3 is 1.58 bits per heavy atom. The standard InChI is InChI=1S/C48H29NO3/c1-3-12-31(13-4-1)49(32-14-5-2-6-15-32)33-24-22-30(23-25-33)34-26-27-36(38-19-11-18-37-35-16-7-9-20-40(35)51-47(37)38)45-46-43(52-48(34)45)29-28-42-44(46)39-17-8-10-21-41(39)50-42/h1-29H. The number of anilines is 3. The average molecular weight is 668 g/mol. The van der Waals surface area contributed by atoms with Crippen molar-refractivity contribution < 1.29 is 13.3 Å². The fraction of sp³-hybridized carbons (Fsp3) is 0. The van der Waals surface area contributed by atoms with Crippen LogP contribution in [-0.4, -0.2) is 0 Å². The van der Waals surface area contributed by atoms with E-state index in [9.17, 15) is 0 Å². The molecule has 0 N–H and O–H groups in total. The topological polar surface area (TPSA) is 42.7 Å². The average Bonchev–Trinajstić information content (AvgIpc) is 3.90. The normalized spacial score (nSPS) is 11.8. The van der Waals surface area contributed by atoms with Crippen molar-refractivity contribution in [1.82, 2.24) is 0 Å². The molecule has 0 radical (unpaired) electrons. The zero-order valence-corrected chi connectivity index (χ0v) is 27.9. The predicted octanol–water partition coefficient (Wildman–Crippen LogP) is 14.2. The number of benzene rings is 8. The Kier molecular flexibility index (Phi) is 6.22. The summed E-state index contributed by atoms with van der Waals surface area (Å²) in [4.78, 5) is 2.28. The van der Waals surface area contributed by atoms with Crippen LogP contribution in [0, 0.1) is 0 Å². The van der Waals surface area contributed by atoms with E-state index in [0.717, 1.165) is 105 Å². The van der Waals surface area contributed by atoms with Gasteiger partial charge in [0.05, 0.1) is 0 Å². The van der Waals surface area contributed by atoms with Gasteiger partial charge in [0.2, 0.25) is 0 Å². The maximum Gasteiger partial charge on any atom is 0.143 e. The summed E-state index contributed by atoms with van der Waals surface area (Å²) in [5, 5.41) is 6.39. The molecule has 0 spiro atoms. The van der Waals surface area contributed by atoms with Gasteiger partial charge in [-0.1, -0.05) is 109 Å². The van der Waals surface area contributed by atoms with Crippen LogP contribution in [0.5, 0.6) is 0 Å². The predicted molar refractivity (Wildman–Crippen MR) is 214 cm³/mol. The number of para-hydroxylation sites is 5. The Balaban J connectivity index is 1.17. The van der Waals surface area contributed by atoms with Crippen molar-refractivity contribution in [1.29, 1.82) is 0 Å². The van der Waals surface area contributed by atoms with Crippen molar-refractivity contribution in [2.45, 2.75) is 0 Å². The van der Waals surface area contributed by atoms with E-state index in [-0.39, 0.29) is 0 Å². The van der Waals surface area contributed by atoms with Crippen molar-refractivity contribution in [3.8, 4) is 22.3 Å². The van der Waals surface area contributed by atoms with Gasteiger partial charge in [-0.25, -0.2) is 0 Å². The smallest absolute Gasteiger partial charge is 0.143 e. The molecule has 244 valence electrons. The molecule has 0 saturated carbocycles. The van der Waals surface area contributed by atoms with Gasteiger partial charge in [0.15, 0.2) is 0 Å². The molecule has 52 heavy (non-hydrogen) atoms. The molecule has 4 nitrogen and oxygen atoms in total. The van der Waals surface area contributed by atoms with Crippen LogP contribution in [0.3, 0.4) is 0 Å². The first-order chi connectivity index (χ1) is 25.8. The van der Waals surface area contributed by atoms with Crippen molar-refractivity contribution in [2.24, 2.45) is 0 Å². The van der Waals surface area contributed by atoms with Crippen LogP contribution in [0.25, 0.3) is 88.1 Å². The molecule has 8 aromatic carbocycles. The van der Waals surface area contributed by atoms with E-state index in [1.54, 1.807) is 0 Å². The maximum absolute atomic E-state index is 6.93. The number of hydrogen-bond donors (Lipinski definition) is 0. The first-order valence-electron chi connectivity index (χ1n) is 17.5. The highest BCUT2D eigenvalue weighted by molar-refractivity contribution is 6.30. The number of fused-ring (bicyclic) bond motifs is 10. The number of furan rings is 3. The number of nitrogens with zero attached hydrogens (tertiary/aromatic N) is 1. The summed E-state index contributed by atoms with van der Waals surface area (Å²) < 4.78 is 19.9. The van der Waals surface area contributed by atoms with Crippen molar-refractivity contribution in [3.63, 3.8) is 0 Å². The minimum atomic E-state index is 0.815. The van der Waals surface area contributed by atoms with Gasteiger partial charge in [0, 0.05) is 60.5 Å². The van der Waals surface area contributed by atoms with E-state index in [2.05, 4.69) is 132 Å². The molecule has 0 fully saturated rings. The third kappa shape index (κ3) is 4.28. The van der Waals surface area contributed by atoms with E-state index in [4.69, 9.17) is 13.3 Å². The maximum atomic E-state index is 6.93. The molecular weight excluding hydrogens is 639 g/mol. The highest BCUT2D eigenvalue weighted by Gasteiger charge is 2.24. The monoisotopic (exact) mass is 667 g/mol. The Hall–Kier alpha value is -7.04. The summed E-state index contributed by atoms with van der Waals surface area (Å²) in [5.41, 5.74) is 12.5. The Morgan fingerprint density at radius 2 is 0.846 bits per heavy atom. The summed E-state index contributed by atoms with van der Waals surface area (Å²) >= 11 is 0. The Bertz CT molecular complexity index is 3070. The minimum Gasteiger partial charge on any atom is -0.456 e. The molecule has 0 saturated heterocycles. The van der Waals surface area contributed by atoms with Gasteiger partial charge in [0.1, 0.15) is 33.5 Å². The number of rotatable bonds is 5. The second kappa shape index (κ2) is 11.2. The van der Waals surface area contributed by atoms with Gasteiger partial charge in [-0.2, -0.15) is 0 Å². The fourth-order valence-corrected chi connectivity index (χ4v) is 7.98. The highest BCUT2D eigenvalue weighted by atomic mass is 16.3. The lowest BCUT2D eigenvalue weighted by atomic mass is 9.92. The molecule has 0 bridgehead atoms. The van der Waals surface area contributed by atoms with Crippen LogP contribution >= 0.6 is 0 Å². The van der Waals surface area contributed by atoms with Gasteiger partial charge in [-0.3, -0.25) is 0 Å². The molecule has 0 unspecified atom stereocenters. The minimum absolute atomic E-state index is 0.815. The van der Waals surface area contributed by atoms with Crippen LogP contribution in [0.4, 0.5) is 17.1 Å². The second-order valence-electron chi connectivity index (χ2n) is 13.2. The Labute approximate surface area is 298 Å². The van der Waals surface area contributed by atoms with E-state index < -0.39 is 0 Å². The summed E-state index contributed by atoms with van der Waals surface area (Å²) in [6.07, 6.45) is 0. The summed E-state index contributed by atoms with van der Waals surface area (Å²) in [6.45, 7) is 0. The van der Waals surface area contributed by atoms with Gasteiger partial charge in [-0.15, -0.1) is 0 Å². The summed E-state index contributed by atoms with van der Waals surface area (Å²) in [7, 11) is 0. The first kappa shape index (κ1) is 28.8. The fourth-order valence-electron chi connectivity index (χ4n) is 7.98. The summed E-state index contributed by atoms with van der Waals surface area (Å²) in [6, 6.07) is 61.1. The molecule has 3 aromatic heterocycles. The molecule has 4 heteroatoms. The molecule has 0 aliphatic carbocycles. The van der Waals surface area contributed by atoms with E-state index >= 15 is 0 Å².